The van der Waals surface area contributed by atoms with E-state index in [0.717, 1.165) is 24.9 Å². The molecule has 2 N–H and O–H groups in total. The van der Waals surface area contributed by atoms with Crippen LogP contribution >= 0.6 is 0 Å². The summed E-state index contributed by atoms with van der Waals surface area (Å²) in [5.74, 6) is -0.159. The van der Waals surface area contributed by atoms with E-state index in [9.17, 15) is 4.39 Å². The molecule has 0 bridgehead atoms. The minimum atomic E-state index is -0.159. The summed E-state index contributed by atoms with van der Waals surface area (Å²) in [4.78, 5) is 2.37. The van der Waals surface area contributed by atoms with Crippen molar-refractivity contribution >= 4 is 5.69 Å². The van der Waals surface area contributed by atoms with E-state index in [2.05, 4.69) is 29.2 Å². The lowest BCUT2D eigenvalue weighted by molar-refractivity contribution is 0.582. The smallest absolute Gasteiger partial charge is 0.126 e. The number of anilines is 1. The van der Waals surface area contributed by atoms with Crippen molar-refractivity contribution in [2.75, 3.05) is 18.0 Å². The van der Waals surface area contributed by atoms with E-state index in [1.807, 2.05) is 12.1 Å². The molecule has 0 saturated carbocycles. The number of benzene rings is 2. The van der Waals surface area contributed by atoms with Gasteiger partial charge in [-0.25, -0.2) is 4.39 Å². The van der Waals surface area contributed by atoms with Crippen molar-refractivity contribution in [3.8, 4) is 0 Å². The van der Waals surface area contributed by atoms with Crippen LogP contribution in [0.4, 0.5) is 10.1 Å². The second-order valence-electron chi connectivity index (χ2n) is 5.69. The van der Waals surface area contributed by atoms with Crippen molar-refractivity contribution in [3.05, 3.63) is 65.0 Å². The minimum absolute atomic E-state index is 0.103. The average Bonchev–Trinajstić information content (AvgIpc) is 2.52. The van der Waals surface area contributed by atoms with Crippen molar-refractivity contribution in [3.63, 3.8) is 0 Å². The fraction of sp³-hybridized carbons (Fsp3) is 0.333. The maximum absolute atomic E-state index is 13.5. The number of hydrogen-bond donors (Lipinski definition) is 1. The molecule has 0 aliphatic carbocycles. The predicted octanol–water partition coefficient (Wildman–Crippen LogP) is 3.59. The SMILES string of the molecule is Cc1cc(C(CN)N2CCCc3ccccc32)ccc1F. The number of para-hydroxylation sites is 1. The van der Waals surface area contributed by atoms with Gasteiger partial charge in [0.15, 0.2) is 0 Å². The molecule has 21 heavy (non-hydrogen) atoms. The molecule has 0 fully saturated rings. The van der Waals surface area contributed by atoms with E-state index in [4.69, 9.17) is 5.73 Å². The number of halogens is 1. The lowest BCUT2D eigenvalue weighted by Gasteiger charge is -2.38. The van der Waals surface area contributed by atoms with E-state index >= 15 is 0 Å². The summed E-state index contributed by atoms with van der Waals surface area (Å²) in [7, 11) is 0. The highest BCUT2D eigenvalue weighted by Gasteiger charge is 2.24. The van der Waals surface area contributed by atoms with E-state index < -0.39 is 0 Å². The Morgan fingerprint density at radius 1 is 1.24 bits per heavy atom. The van der Waals surface area contributed by atoms with Crippen LogP contribution < -0.4 is 10.6 Å². The summed E-state index contributed by atoms with van der Waals surface area (Å²) < 4.78 is 13.5. The highest BCUT2D eigenvalue weighted by atomic mass is 19.1. The largest absolute Gasteiger partial charge is 0.363 e. The summed E-state index contributed by atoms with van der Waals surface area (Å²) >= 11 is 0. The minimum Gasteiger partial charge on any atom is -0.363 e. The van der Waals surface area contributed by atoms with Gasteiger partial charge in [0.2, 0.25) is 0 Å². The van der Waals surface area contributed by atoms with E-state index in [0.29, 0.717) is 12.1 Å². The third kappa shape index (κ3) is 2.66. The molecule has 0 aromatic heterocycles. The van der Waals surface area contributed by atoms with Crippen molar-refractivity contribution in [2.45, 2.75) is 25.8 Å². The fourth-order valence-corrected chi connectivity index (χ4v) is 3.20. The molecule has 2 nitrogen and oxygen atoms in total. The van der Waals surface area contributed by atoms with Crippen LogP contribution in [0.15, 0.2) is 42.5 Å². The fourth-order valence-electron chi connectivity index (χ4n) is 3.20. The molecule has 1 unspecified atom stereocenters. The molecule has 3 rings (SSSR count). The Hall–Kier alpha value is -1.87. The van der Waals surface area contributed by atoms with Crippen LogP contribution in [0.2, 0.25) is 0 Å². The number of nitrogens with zero attached hydrogens (tertiary/aromatic N) is 1. The summed E-state index contributed by atoms with van der Waals surface area (Å²) in [5, 5.41) is 0. The van der Waals surface area contributed by atoms with Gasteiger partial charge in [0.25, 0.3) is 0 Å². The van der Waals surface area contributed by atoms with E-state index in [1.54, 1.807) is 13.0 Å². The van der Waals surface area contributed by atoms with Crippen LogP contribution in [0.3, 0.4) is 0 Å². The third-order valence-corrected chi connectivity index (χ3v) is 4.31. The molecule has 3 heteroatoms. The second-order valence-corrected chi connectivity index (χ2v) is 5.69. The van der Waals surface area contributed by atoms with E-state index in [-0.39, 0.29) is 11.9 Å². The molecule has 2 aromatic rings. The van der Waals surface area contributed by atoms with Gasteiger partial charge in [-0.1, -0.05) is 30.3 Å². The average molecular weight is 284 g/mol. The summed E-state index contributed by atoms with van der Waals surface area (Å²) in [6.07, 6.45) is 2.25. The maximum atomic E-state index is 13.5. The Labute approximate surface area is 125 Å². The lowest BCUT2D eigenvalue weighted by Crippen LogP contribution is -2.37. The third-order valence-electron chi connectivity index (χ3n) is 4.31. The van der Waals surface area contributed by atoms with Gasteiger partial charge in [-0.05, 0) is 48.6 Å². The summed E-state index contributed by atoms with van der Waals surface area (Å²) in [6, 6.07) is 13.9. The molecule has 1 aliphatic heterocycles. The van der Waals surface area contributed by atoms with Gasteiger partial charge in [0.05, 0.1) is 6.04 Å². The van der Waals surface area contributed by atoms with Crippen LogP contribution in [0.1, 0.15) is 29.2 Å². The number of aryl methyl sites for hydroxylation is 2. The van der Waals surface area contributed by atoms with Crippen LogP contribution in [-0.4, -0.2) is 13.1 Å². The maximum Gasteiger partial charge on any atom is 0.126 e. The van der Waals surface area contributed by atoms with Gasteiger partial charge in [-0.2, -0.15) is 0 Å². The van der Waals surface area contributed by atoms with Crippen LogP contribution in [0, 0.1) is 12.7 Å². The van der Waals surface area contributed by atoms with Crippen LogP contribution in [0.5, 0.6) is 0 Å². The number of hydrogen-bond acceptors (Lipinski definition) is 2. The Balaban J connectivity index is 1.99. The lowest BCUT2D eigenvalue weighted by atomic mass is 9.96. The molecule has 0 amide bonds. The zero-order chi connectivity index (χ0) is 14.8. The molecular weight excluding hydrogens is 263 g/mol. The molecule has 0 spiro atoms. The first-order valence-corrected chi connectivity index (χ1v) is 7.51. The topological polar surface area (TPSA) is 29.3 Å². The van der Waals surface area contributed by atoms with Gasteiger partial charge in [-0.15, -0.1) is 0 Å². The van der Waals surface area contributed by atoms with Crippen molar-refractivity contribution in [1.29, 1.82) is 0 Å². The standard InChI is InChI=1S/C18H21FN2/c1-13-11-15(8-9-16(13)19)18(12-20)21-10-4-6-14-5-2-3-7-17(14)21/h2-3,5,7-9,11,18H,4,6,10,12,20H2,1H3. The molecule has 1 heterocycles. The first-order chi connectivity index (χ1) is 10.2. The molecule has 2 aromatic carbocycles. The first kappa shape index (κ1) is 14.1. The van der Waals surface area contributed by atoms with Crippen molar-refractivity contribution in [2.24, 2.45) is 5.73 Å². The van der Waals surface area contributed by atoms with Gasteiger partial charge in [-0.3, -0.25) is 0 Å². The van der Waals surface area contributed by atoms with Gasteiger partial charge in [0.1, 0.15) is 5.82 Å². The van der Waals surface area contributed by atoms with Crippen LogP contribution in [-0.2, 0) is 6.42 Å². The van der Waals surface area contributed by atoms with Gasteiger partial charge in [0, 0.05) is 18.8 Å². The molecule has 1 aliphatic rings. The Bertz CT molecular complexity index is 639. The number of fused-ring (bicyclic) bond motifs is 1. The first-order valence-electron chi connectivity index (χ1n) is 7.51. The van der Waals surface area contributed by atoms with Gasteiger partial charge < -0.3 is 10.6 Å². The van der Waals surface area contributed by atoms with Crippen molar-refractivity contribution in [1.82, 2.24) is 0 Å². The Kier molecular flexibility index (Phi) is 3.93. The monoisotopic (exact) mass is 284 g/mol. The second kappa shape index (κ2) is 5.86. The number of rotatable bonds is 3. The van der Waals surface area contributed by atoms with Crippen molar-refractivity contribution < 1.29 is 4.39 Å². The molecule has 110 valence electrons. The molecule has 0 radical (unpaired) electrons. The predicted molar refractivity (Wildman–Crippen MR) is 85.0 cm³/mol. The number of nitrogens with two attached hydrogens (primary N) is 1. The van der Waals surface area contributed by atoms with Crippen LogP contribution in [0.25, 0.3) is 0 Å². The zero-order valence-corrected chi connectivity index (χ0v) is 12.3. The Morgan fingerprint density at radius 2 is 2.05 bits per heavy atom. The van der Waals surface area contributed by atoms with Gasteiger partial charge >= 0.3 is 0 Å². The Morgan fingerprint density at radius 3 is 2.81 bits per heavy atom. The summed E-state index contributed by atoms with van der Waals surface area (Å²) in [6.45, 7) is 3.32. The highest BCUT2D eigenvalue weighted by Crippen LogP contribution is 2.34. The normalized spacial score (nSPS) is 15.7. The molecule has 0 saturated heterocycles. The van der Waals surface area contributed by atoms with E-state index in [1.165, 1.54) is 11.3 Å². The quantitative estimate of drug-likeness (QED) is 0.933. The molecule has 1 atom stereocenters. The highest BCUT2D eigenvalue weighted by molar-refractivity contribution is 5.57. The zero-order valence-electron chi connectivity index (χ0n) is 12.3. The molecular formula is C18H21FN2. The summed E-state index contributed by atoms with van der Waals surface area (Å²) in [5.41, 5.74) is 10.5.